The summed E-state index contributed by atoms with van der Waals surface area (Å²) in [4.78, 5) is 2.33. The molecule has 0 fully saturated rings. The van der Waals surface area contributed by atoms with E-state index in [1.54, 1.807) is 0 Å². The average molecular weight is 232 g/mol. The van der Waals surface area contributed by atoms with E-state index in [0.29, 0.717) is 0 Å². The third-order valence-corrected chi connectivity index (χ3v) is 2.93. The number of likely N-dealkylation sites (N-methyl/N-ethyl adjacent to an activating group) is 1. The summed E-state index contributed by atoms with van der Waals surface area (Å²) >= 11 is 0. The van der Waals surface area contributed by atoms with Crippen LogP contribution in [-0.2, 0) is 5.54 Å². The highest BCUT2D eigenvalue weighted by Crippen LogP contribution is 2.19. The van der Waals surface area contributed by atoms with E-state index in [9.17, 15) is 0 Å². The van der Waals surface area contributed by atoms with Crippen molar-refractivity contribution >= 4 is 0 Å². The van der Waals surface area contributed by atoms with E-state index in [2.05, 4.69) is 44.4 Å². The largest absolute Gasteiger partial charge is 0.321 e. The quantitative estimate of drug-likeness (QED) is 0.764. The van der Waals surface area contributed by atoms with Crippen LogP contribution in [0.2, 0.25) is 0 Å². The molecule has 2 N–H and O–H groups in total. The topological polar surface area (TPSA) is 29.3 Å². The predicted octanol–water partition coefficient (Wildman–Crippen LogP) is 2.76. The highest BCUT2D eigenvalue weighted by atomic mass is 15.1. The zero-order chi connectivity index (χ0) is 12.9. The molecule has 2 heteroatoms. The number of hydrogen-bond acceptors (Lipinski definition) is 2. The molecular formula is C15H24N2. The van der Waals surface area contributed by atoms with Crippen molar-refractivity contribution in [1.29, 1.82) is 0 Å². The smallest absolute Gasteiger partial charge is 0.0510 e. The van der Waals surface area contributed by atoms with E-state index < -0.39 is 0 Å². The molecule has 2 nitrogen and oxygen atoms in total. The summed E-state index contributed by atoms with van der Waals surface area (Å²) in [6, 6.07) is 10.3. The van der Waals surface area contributed by atoms with Gasteiger partial charge in [0.2, 0.25) is 0 Å². The van der Waals surface area contributed by atoms with E-state index in [0.717, 1.165) is 19.6 Å². The van der Waals surface area contributed by atoms with Crippen molar-refractivity contribution in [1.82, 2.24) is 4.90 Å². The molecule has 0 saturated carbocycles. The molecule has 1 aromatic rings. The minimum Gasteiger partial charge on any atom is -0.321 e. The summed E-state index contributed by atoms with van der Waals surface area (Å²) in [6.07, 6.45) is 0. The van der Waals surface area contributed by atoms with Crippen LogP contribution in [0, 0.1) is 0 Å². The van der Waals surface area contributed by atoms with Gasteiger partial charge in [0.25, 0.3) is 0 Å². The molecule has 94 valence electrons. The van der Waals surface area contributed by atoms with Gasteiger partial charge >= 0.3 is 0 Å². The van der Waals surface area contributed by atoms with Gasteiger partial charge in [-0.3, -0.25) is 4.90 Å². The lowest BCUT2D eigenvalue weighted by molar-refractivity contribution is 0.243. The Kier molecular flexibility index (Phi) is 4.91. The molecule has 0 aliphatic carbocycles. The number of nitrogens with two attached hydrogens (primary N) is 1. The number of nitrogens with zero attached hydrogens (tertiary/aromatic N) is 1. The van der Waals surface area contributed by atoms with Crippen LogP contribution in [0.25, 0.3) is 0 Å². The third kappa shape index (κ3) is 4.33. The molecule has 0 bridgehead atoms. The molecule has 1 atom stereocenters. The monoisotopic (exact) mass is 232 g/mol. The van der Waals surface area contributed by atoms with E-state index >= 15 is 0 Å². The Labute approximate surface area is 105 Å². The molecule has 0 aliphatic heterocycles. The van der Waals surface area contributed by atoms with Crippen LogP contribution in [0.3, 0.4) is 0 Å². The van der Waals surface area contributed by atoms with Gasteiger partial charge in [-0.2, -0.15) is 0 Å². The minimum atomic E-state index is -0.313. The van der Waals surface area contributed by atoms with Gasteiger partial charge in [-0.05, 0) is 26.0 Å². The Morgan fingerprint density at radius 3 is 2.41 bits per heavy atom. The van der Waals surface area contributed by atoms with Gasteiger partial charge in [-0.25, -0.2) is 0 Å². The molecule has 0 aliphatic rings. The lowest BCUT2D eigenvalue weighted by atomic mass is 9.92. The lowest BCUT2D eigenvalue weighted by Gasteiger charge is -2.32. The lowest BCUT2D eigenvalue weighted by Crippen LogP contribution is -2.45. The molecule has 0 radical (unpaired) electrons. The Hall–Kier alpha value is -1.12. The van der Waals surface area contributed by atoms with Gasteiger partial charge < -0.3 is 5.73 Å². The summed E-state index contributed by atoms with van der Waals surface area (Å²) in [6.45, 7) is 13.0. The van der Waals surface area contributed by atoms with Crippen molar-refractivity contribution in [3.8, 4) is 0 Å². The molecule has 0 saturated heterocycles. The van der Waals surface area contributed by atoms with Crippen LogP contribution in [0.1, 0.15) is 26.3 Å². The standard InChI is InChI=1S/C15H24N2/c1-5-17(11-13(2)3)12-15(4,16)14-9-7-6-8-10-14/h6-10H,2,5,11-12,16H2,1,3-4H3. The summed E-state index contributed by atoms with van der Waals surface area (Å²) in [5.41, 5.74) is 8.46. The fraction of sp³-hybridized carbons (Fsp3) is 0.467. The van der Waals surface area contributed by atoms with Crippen molar-refractivity contribution in [2.24, 2.45) is 5.73 Å². The molecule has 1 aromatic carbocycles. The maximum Gasteiger partial charge on any atom is 0.0510 e. The number of hydrogen-bond donors (Lipinski definition) is 1. The van der Waals surface area contributed by atoms with Crippen molar-refractivity contribution in [2.75, 3.05) is 19.6 Å². The number of benzene rings is 1. The second kappa shape index (κ2) is 5.99. The Morgan fingerprint density at radius 2 is 1.94 bits per heavy atom. The first-order valence-corrected chi connectivity index (χ1v) is 6.17. The second-order valence-electron chi connectivity index (χ2n) is 5.04. The first-order chi connectivity index (χ1) is 7.95. The molecule has 1 unspecified atom stereocenters. The Morgan fingerprint density at radius 1 is 1.35 bits per heavy atom. The van der Waals surface area contributed by atoms with Gasteiger partial charge in [-0.1, -0.05) is 49.4 Å². The van der Waals surface area contributed by atoms with E-state index in [4.69, 9.17) is 5.73 Å². The van der Waals surface area contributed by atoms with Crippen molar-refractivity contribution in [2.45, 2.75) is 26.3 Å². The molecule has 0 heterocycles. The predicted molar refractivity (Wildman–Crippen MR) is 74.9 cm³/mol. The highest BCUT2D eigenvalue weighted by molar-refractivity contribution is 5.23. The first kappa shape index (κ1) is 13.9. The SMILES string of the molecule is C=C(C)CN(CC)CC(C)(N)c1ccccc1. The minimum absolute atomic E-state index is 0.313. The van der Waals surface area contributed by atoms with E-state index in [1.165, 1.54) is 11.1 Å². The van der Waals surface area contributed by atoms with Gasteiger partial charge in [0.15, 0.2) is 0 Å². The van der Waals surface area contributed by atoms with Gasteiger partial charge in [-0.15, -0.1) is 0 Å². The summed E-state index contributed by atoms with van der Waals surface area (Å²) < 4.78 is 0. The molecule has 1 rings (SSSR count). The average Bonchev–Trinajstić information content (AvgIpc) is 2.28. The van der Waals surface area contributed by atoms with Crippen LogP contribution in [0.4, 0.5) is 0 Å². The Balaban J connectivity index is 2.74. The molecule has 17 heavy (non-hydrogen) atoms. The zero-order valence-electron chi connectivity index (χ0n) is 11.2. The maximum atomic E-state index is 6.42. The zero-order valence-corrected chi connectivity index (χ0v) is 11.2. The van der Waals surface area contributed by atoms with Crippen LogP contribution in [0.15, 0.2) is 42.5 Å². The summed E-state index contributed by atoms with van der Waals surface area (Å²) in [5.74, 6) is 0. The normalized spacial score (nSPS) is 14.6. The molecule has 0 spiro atoms. The second-order valence-corrected chi connectivity index (χ2v) is 5.04. The molecule has 0 aromatic heterocycles. The van der Waals surface area contributed by atoms with E-state index in [-0.39, 0.29) is 5.54 Å². The highest BCUT2D eigenvalue weighted by Gasteiger charge is 2.23. The summed E-state index contributed by atoms with van der Waals surface area (Å²) in [7, 11) is 0. The van der Waals surface area contributed by atoms with Crippen LogP contribution in [0.5, 0.6) is 0 Å². The Bertz CT molecular complexity index is 354. The van der Waals surface area contributed by atoms with Gasteiger partial charge in [0.1, 0.15) is 0 Å². The fourth-order valence-corrected chi connectivity index (χ4v) is 2.04. The van der Waals surface area contributed by atoms with Gasteiger partial charge in [0.05, 0.1) is 5.54 Å². The number of rotatable bonds is 6. The first-order valence-electron chi connectivity index (χ1n) is 6.17. The fourth-order valence-electron chi connectivity index (χ4n) is 2.04. The van der Waals surface area contributed by atoms with Crippen molar-refractivity contribution in [3.05, 3.63) is 48.0 Å². The molecule has 0 amide bonds. The molecular weight excluding hydrogens is 208 g/mol. The van der Waals surface area contributed by atoms with Crippen LogP contribution < -0.4 is 5.73 Å². The van der Waals surface area contributed by atoms with Gasteiger partial charge in [0, 0.05) is 13.1 Å². The summed E-state index contributed by atoms with van der Waals surface area (Å²) in [5, 5.41) is 0. The van der Waals surface area contributed by atoms with Crippen molar-refractivity contribution in [3.63, 3.8) is 0 Å². The van der Waals surface area contributed by atoms with E-state index in [1.807, 2.05) is 18.2 Å². The third-order valence-electron chi connectivity index (χ3n) is 2.93. The van der Waals surface area contributed by atoms with Crippen LogP contribution >= 0.6 is 0 Å². The maximum absolute atomic E-state index is 6.42. The van der Waals surface area contributed by atoms with Crippen LogP contribution in [-0.4, -0.2) is 24.5 Å². The van der Waals surface area contributed by atoms with Crippen molar-refractivity contribution < 1.29 is 0 Å².